The van der Waals surface area contributed by atoms with E-state index in [0.717, 1.165) is 5.56 Å². The molecule has 0 bridgehead atoms. The second-order valence-corrected chi connectivity index (χ2v) is 5.29. The SMILES string of the molecule is CNC(c1ccc(F)cc1)c1c(C)ccc2ccccc12. The fourth-order valence-electron chi connectivity index (χ4n) is 2.92. The van der Waals surface area contributed by atoms with E-state index < -0.39 is 0 Å². The Morgan fingerprint density at radius 1 is 0.905 bits per heavy atom. The summed E-state index contributed by atoms with van der Waals surface area (Å²) in [5.74, 6) is -0.205. The number of rotatable bonds is 3. The van der Waals surface area contributed by atoms with Gasteiger partial charge in [0.05, 0.1) is 6.04 Å². The molecule has 1 atom stereocenters. The van der Waals surface area contributed by atoms with Crippen LogP contribution in [0, 0.1) is 12.7 Å². The van der Waals surface area contributed by atoms with Gasteiger partial charge >= 0.3 is 0 Å². The number of halogens is 1. The van der Waals surface area contributed by atoms with Crippen molar-refractivity contribution in [2.45, 2.75) is 13.0 Å². The third-order valence-electron chi connectivity index (χ3n) is 3.97. The zero-order valence-corrected chi connectivity index (χ0v) is 12.2. The van der Waals surface area contributed by atoms with Crippen molar-refractivity contribution in [2.24, 2.45) is 0 Å². The van der Waals surface area contributed by atoms with Crippen LogP contribution < -0.4 is 5.32 Å². The van der Waals surface area contributed by atoms with Gasteiger partial charge in [0.15, 0.2) is 0 Å². The Bertz CT molecular complexity index is 762. The lowest BCUT2D eigenvalue weighted by atomic mass is 9.90. The van der Waals surface area contributed by atoms with Gasteiger partial charge in [-0.1, -0.05) is 48.5 Å². The minimum Gasteiger partial charge on any atom is -0.309 e. The molecule has 0 aliphatic carbocycles. The van der Waals surface area contributed by atoms with Crippen LogP contribution in [0.5, 0.6) is 0 Å². The Hall–Kier alpha value is -2.19. The molecule has 1 unspecified atom stereocenters. The molecule has 3 aromatic carbocycles. The number of fused-ring (bicyclic) bond motifs is 1. The molecule has 0 aliphatic heterocycles. The third-order valence-corrected chi connectivity index (χ3v) is 3.97. The Balaban J connectivity index is 2.21. The third kappa shape index (κ3) is 2.55. The standard InChI is InChI=1S/C19H18FN/c1-13-7-8-14-5-3-4-6-17(14)18(13)19(21-2)15-9-11-16(20)12-10-15/h3-12,19,21H,1-2H3. The summed E-state index contributed by atoms with van der Waals surface area (Å²) in [5.41, 5.74) is 3.55. The fourth-order valence-corrected chi connectivity index (χ4v) is 2.92. The molecule has 1 N–H and O–H groups in total. The maximum Gasteiger partial charge on any atom is 0.123 e. The molecule has 1 nitrogen and oxygen atoms in total. The van der Waals surface area contributed by atoms with Gasteiger partial charge in [-0.05, 0) is 53.6 Å². The van der Waals surface area contributed by atoms with E-state index in [9.17, 15) is 4.39 Å². The lowest BCUT2D eigenvalue weighted by molar-refractivity contribution is 0.623. The van der Waals surface area contributed by atoms with E-state index in [1.807, 2.05) is 25.2 Å². The Labute approximate surface area is 124 Å². The molecular formula is C19H18FN. The average molecular weight is 279 g/mol. The van der Waals surface area contributed by atoms with Gasteiger partial charge in [-0.25, -0.2) is 4.39 Å². The van der Waals surface area contributed by atoms with Gasteiger partial charge in [-0.15, -0.1) is 0 Å². The Morgan fingerprint density at radius 2 is 1.62 bits per heavy atom. The van der Waals surface area contributed by atoms with Crippen LogP contribution >= 0.6 is 0 Å². The van der Waals surface area contributed by atoms with E-state index in [-0.39, 0.29) is 11.9 Å². The second kappa shape index (κ2) is 5.66. The van der Waals surface area contributed by atoms with Crippen molar-refractivity contribution in [1.82, 2.24) is 5.32 Å². The molecule has 3 aromatic rings. The topological polar surface area (TPSA) is 12.0 Å². The van der Waals surface area contributed by atoms with Gasteiger partial charge in [0.1, 0.15) is 5.82 Å². The van der Waals surface area contributed by atoms with Crippen LogP contribution in [0.2, 0.25) is 0 Å². The lowest BCUT2D eigenvalue weighted by Crippen LogP contribution is -2.19. The van der Waals surface area contributed by atoms with Gasteiger partial charge < -0.3 is 5.32 Å². The minimum atomic E-state index is -0.205. The molecule has 0 aliphatic rings. The first-order valence-electron chi connectivity index (χ1n) is 7.11. The molecule has 0 saturated heterocycles. The number of hydrogen-bond acceptors (Lipinski definition) is 1. The summed E-state index contributed by atoms with van der Waals surface area (Å²) in [5, 5.41) is 5.82. The summed E-state index contributed by atoms with van der Waals surface area (Å²) in [6.45, 7) is 2.12. The summed E-state index contributed by atoms with van der Waals surface area (Å²) in [6.07, 6.45) is 0. The van der Waals surface area contributed by atoms with Crippen LogP contribution in [0.25, 0.3) is 10.8 Å². The van der Waals surface area contributed by atoms with E-state index >= 15 is 0 Å². The van der Waals surface area contributed by atoms with Gasteiger partial charge in [0.25, 0.3) is 0 Å². The highest BCUT2D eigenvalue weighted by molar-refractivity contribution is 5.87. The van der Waals surface area contributed by atoms with Crippen LogP contribution in [0.3, 0.4) is 0 Å². The van der Waals surface area contributed by atoms with Gasteiger partial charge in [-0.3, -0.25) is 0 Å². The largest absolute Gasteiger partial charge is 0.309 e. The van der Waals surface area contributed by atoms with E-state index in [1.54, 1.807) is 0 Å². The van der Waals surface area contributed by atoms with Crippen molar-refractivity contribution < 1.29 is 4.39 Å². The van der Waals surface area contributed by atoms with Crippen molar-refractivity contribution >= 4 is 10.8 Å². The maximum atomic E-state index is 13.2. The first kappa shape index (κ1) is 13.8. The average Bonchev–Trinajstić information content (AvgIpc) is 2.52. The van der Waals surface area contributed by atoms with E-state index in [1.165, 1.54) is 34.0 Å². The molecule has 2 heteroatoms. The smallest absolute Gasteiger partial charge is 0.123 e. The number of hydrogen-bond donors (Lipinski definition) is 1. The highest BCUT2D eigenvalue weighted by Gasteiger charge is 2.17. The predicted molar refractivity (Wildman–Crippen MR) is 86.0 cm³/mol. The van der Waals surface area contributed by atoms with Crippen LogP contribution in [-0.2, 0) is 0 Å². The normalized spacial score (nSPS) is 12.5. The molecule has 3 rings (SSSR count). The van der Waals surface area contributed by atoms with Gasteiger partial charge in [0.2, 0.25) is 0 Å². The number of aryl methyl sites for hydroxylation is 1. The summed E-state index contributed by atoms with van der Waals surface area (Å²) >= 11 is 0. The molecule has 0 aromatic heterocycles. The molecule has 0 heterocycles. The van der Waals surface area contributed by atoms with Crippen LogP contribution in [0.4, 0.5) is 4.39 Å². The van der Waals surface area contributed by atoms with E-state index in [4.69, 9.17) is 0 Å². The monoisotopic (exact) mass is 279 g/mol. The number of benzene rings is 3. The van der Waals surface area contributed by atoms with Gasteiger partial charge in [0, 0.05) is 0 Å². The summed E-state index contributed by atoms with van der Waals surface area (Å²) in [4.78, 5) is 0. The minimum absolute atomic E-state index is 0.0525. The molecule has 0 spiro atoms. The molecule has 0 amide bonds. The summed E-state index contributed by atoms with van der Waals surface area (Å²) in [7, 11) is 1.94. The fraction of sp³-hybridized carbons (Fsp3) is 0.158. The van der Waals surface area contributed by atoms with Crippen molar-refractivity contribution in [1.29, 1.82) is 0 Å². The van der Waals surface area contributed by atoms with Crippen LogP contribution in [-0.4, -0.2) is 7.05 Å². The van der Waals surface area contributed by atoms with Gasteiger partial charge in [-0.2, -0.15) is 0 Å². The van der Waals surface area contributed by atoms with Crippen LogP contribution in [0.1, 0.15) is 22.7 Å². The second-order valence-electron chi connectivity index (χ2n) is 5.29. The molecule has 0 radical (unpaired) electrons. The van der Waals surface area contributed by atoms with Crippen molar-refractivity contribution in [3.63, 3.8) is 0 Å². The van der Waals surface area contributed by atoms with Crippen LogP contribution in [0.15, 0.2) is 60.7 Å². The number of nitrogens with one attached hydrogen (secondary N) is 1. The van der Waals surface area contributed by atoms with Crippen molar-refractivity contribution in [2.75, 3.05) is 7.05 Å². The Kier molecular flexibility index (Phi) is 3.72. The molecule has 0 fully saturated rings. The summed E-state index contributed by atoms with van der Waals surface area (Å²) < 4.78 is 13.2. The van der Waals surface area contributed by atoms with Crippen molar-refractivity contribution in [3.05, 3.63) is 83.2 Å². The zero-order chi connectivity index (χ0) is 14.8. The molecule has 106 valence electrons. The highest BCUT2D eigenvalue weighted by atomic mass is 19.1. The zero-order valence-electron chi connectivity index (χ0n) is 12.2. The van der Waals surface area contributed by atoms with E-state index in [0.29, 0.717) is 0 Å². The summed E-state index contributed by atoms with van der Waals surface area (Å²) in [6, 6.07) is 19.4. The molecule has 21 heavy (non-hydrogen) atoms. The predicted octanol–water partition coefficient (Wildman–Crippen LogP) is 4.60. The molecular weight excluding hydrogens is 261 g/mol. The first-order valence-corrected chi connectivity index (χ1v) is 7.11. The maximum absolute atomic E-state index is 13.2. The quantitative estimate of drug-likeness (QED) is 0.739. The Morgan fingerprint density at radius 3 is 2.33 bits per heavy atom. The highest BCUT2D eigenvalue weighted by Crippen LogP contribution is 2.31. The lowest BCUT2D eigenvalue weighted by Gasteiger charge is -2.21. The van der Waals surface area contributed by atoms with Crippen molar-refractivity contribution in [3.8, 4) is 0 Å². The molecule has 0 saturated carbocycles. The van der Waals surface area contributed by atoms with E-state index in [2.05, 4.69) is 42.6 Å². The first-order chi connectivity index (χ1) is 10.2.